The number of aryl methyl sites for hydroxylation is 2. The molecular formula is C28H32FN5O3S. The number of carbonyl (C=O) groups excluding carboxylic acids is 1. The number of nitrogens with zero attached hydrogens (tertiary/aromatic N) is 5. The summed E-state index contributed by atoms with van der Waals surface area (Å²) in [6.07, 6.45) is 2.42. The third kappa shape index (κ3) is 4.39. The number of pyridine rings is 1. The first-order valence-electron chi connectivity index (χ1n) is 12.7. The van der Waals surface area contributed by atoms with Gasteiger partial charge in [0, 0.05) is 53.9 Å². The number of hydrogen-bond acceptors (Lipinski definition) is 7. The largest absolute Gasteiger partial charge is 0.379 e. The van der Waals surface area contributed by atoms with Crippen LogP contribution in [0.15, 0.2) is 40.7 Å². The molecule has 2 aromatic heterocycles. The predicted octanol–water partition coefficient (Wildman–Crippen LogP) is 3.95. The van der Waals surface area contributed by atoms with Crippen molar-refractivity contribution in [3.63, 3.8) is 0 Å². The molecule has 1 fully saturated rings. The maximum Gasteiger partial charge on any atom is 0.350 e. The molecule has 5 rings (SSSR count). The summed E-state index contributed by atoms with van der Waals surface area (Å²) in [6.45, 7) is 12.8. The molecule has 38 heavy (non-hydrogen) atoms. The number of aromatic nitrogens is 3. The Bertz CT molecular complexity index is 1490. The van der Waals surface area contributed by atoms with Crippen LogP contribution in [0.5, 0.6) is 0 Å². The number of carbonyl (C=O) groups is 1. The molecule has 200 valence electrons. The van der Waals surface area contributed by atoms with Gasteiger partial charge in [-0.2, -0.15) is 4.98 Å². The van der Waals surface area contributed by atoms with Crippen molar-refractivity contribution < 1.29 is 13.9 Å². The number of methoxy groups -OCH3 is 1. The van der Waals surface area contributed by atoms with Gasteiger partial charge in [0.2, 0.25) is 5.91 Å². The molecule has 1 saturated heterocycles. The van der Waals surface area contributed by atoms with Crippen molar-refractivity contribution in [2.45, 2.75) is 57.3 Å². The van der Waals surface area contributed by atoms with E-state index >= 15 is 0 Å². The predicted molar refractivity (Wildman–Crippen MR) is 148 cm³/mol. The second-order valence-electron chi connectivity index (χ2n) is 10.2. The summed E-state index contributed by atoms with van der Waals surface area (Å²) in [4.78, 5) is 39.9. The van der Waals surface area contributed by atoms with E-state index in [9.17, 15) is 14.0 Å². The van der Waals surface area contributed by atoms with Gasteiger partial charge in [-0.1, -0.05) is 6.58 Å². The lowest BCUT2D eigenvalue weighted by Gasteiger charge is -2.44. The second-order valence-corrected chi connectivity index (χ2v) is 11.2. The summed E-state index contributed by atoms with van der Waals surface area (Å²) in [6, 6.07) is 3.63. The molecule has 0 unspecified atom stereocenters. The molecule has 3 atom stereocenters. The van der Waals surface area contributed by atoms with Crippen LogP contribution in [-0.4, -0.2) is 69.5 Å². The highest BCUT2D eigenvalue weighted by Gasteiger charge is 2.34. The molecule has 2 aliphatic heterocycles. The fourth-order valence-corrected chi connectivity index (χ4v) is 7.04. The Morgan fingerprint density at radius 1 is 1.18 bits per heavy atom. The standard InChI is InChI=1S/C28H32FN5O3S/c1-7-23(35)34-17(4)11-32(12-18(34)5)27-20-8-16(3)24(22-9-15(2)21(29)10-30-22)26-25(20)33(28(36)31-27)13-19(37-6)14-38-26/h7-10,17-19H,1,11-14H2,2-6H3/t17-,18+,19-/m0/s1. The maximum absolute atomic E-state index is 14.1. The van der Waals surface area contributed by atoms with Crippen molar-refractivity contribution in [3.8, 4) is 11.3 Å². The van der Waals surface area contributed by atoms with Crippen molar-refractivity contribution in [1.82, 2.24) is 19.4 Å². The zero-order chi connectivity index (χ0) is 27.3. The Balaban J connectivity index is 1.74. The highest BCUT2D eigenvalue weighted by Crippen LogP contribution is 2.43. The SMILES string of the molecule is C=CC(=O)N1[C@H](C)CN(c2nc(=O)n3c4c(c(-c5cc(C)c(F)cn5)c(C)cc24)SC[C@@H](OC)C3)C[C@@H]1C. The van der Waals surface area contributed by atoms with Gasteiger partial charge in [0.15, 0.2) is 0 Å². The zero-order valence-electron chi connectivity index (χ0n) is 22.3. The average Bonchev–Trinajstić information content (AvgIpc) is 3.08. The van der Waals surface area contributed by atoms with E-state index < -0.39 is 0 Å². The van der Waals surface area contributed by atoms with Crippen molar-refractivity contribution in [2.24, 2.45) is 0 Å². The summed E-state index contributed by atoms with van der Waals surface area (Å²) in [5, 5.41) is 0.867. The molecule has 8 nitrogen and oxygen atoms in total. The minimum Gasteiger partial charge on any atom is -0.379 e. The van der Waals surface area contributed by atoms with E-state index in [2.05, 4.69) is 27.5 Å². The van der Waals surface area contributed by atoms with Crippen LogP contribution in [0.2, 0.25) is 0 Å². The van der Waals surface area contributed by atoms with Crippen molar-refractivity contribution in [1.29, 1.82) is 0 Å². The Labute approximate surface area is 225 Å². The molecule has 3 aromatic rings. The molecule has 0 aliphatic carbocycles. The normalized spacial score (nSPS) is 21.5. The fourth-order valence-electron chi connectivity index (χ4n) is 5.68. The molecule has 0 radical (unpaired) electrons. The van der Waals surface area contributed by atoms with E-state index in [1.54, 1.807) is 36.4 Å². The number of hydrogen-bond donors (Lipinski definition) is 0. The Kier molecular flexibility index (Phi) is 7.04. The van der Waals surface area contributed by atoms with Gasteiger partial charge in [0.25, 0.3) is 0 Å². The average molecular weight is 538 g/mol. The van der Waals surface area contributed by atoms with E-state index in [4.69, 9.17) is 4.74 Å². The van der Waals surface area contributed by atoms with Gasteiger partial charge in [0.1, 0.15) is 11.6 Å². The summed E-state index contributed by atoms with van der Waals surface area (Å²) < 4.78 is 21.5. The van der Waals surface area contributed by atoms with Crippen molar-refractivity contribution >= 4 is 34.4 Å². The van der Waals surface area contributed by atoms with Crippen LogP contribution >= 0.6 is 11.8 Å². The number of anilines is 1. The van der Waals surface area contributed by atoms with Crippen LogP contribution in [0.4, 0.5) is 10.2 Å². The number of thioether (sulfide) groups is 1. The zero-order valence-corrected chi connectivity index (χ0v) is 23.1. The molecule has 1 amide bonds. The third-order valence-corrected chi connectivity index (χ3v) is 8.70. The quantitative estimate of drug-likeness (QED) is 0.467. The third-order valence-electron chi connectivity index (χ3n) is 7.48. The highest BCUT2D eigenvalue weighted by atomic mass is 32.2. The van der Waals surface area contributed by atoms with E-state index in [-0.39, 0.29) is 35.6 Å². The van der Waals surface area contributed by atoms with Crippen LogP contribution in [0.1, 0.15) is 25.0 Å². The summed E-state index contributed by atoms with van der Waals surface area (Å²) >= 11 is 1.62. The number of halogens is 1. The monoisotopic (exact) mass is 537 g/mol. The first-order chi connectivity index (χ1) is 18.1. The number of benzene rings is 1. The molecule has 2 aliphatic rings. The smallest absolute Gasteiger partial charge is 0.350 e. The first kappa shape index (κ1) is 26.4. The van der Waals surface area contributed by atoms with Crippen molar-refractivity contribution in [2.75, 3.05) is 30.9 Å². The van der Waals surface area contributed by atoms with Gasteiger partial charge in [-0.25, -0.2) is 9.18 Å². The van der Waals surface area contributed by atoms with Gasteiger partial charge >= 0.3 is 5.69 Å². The van der Waals surface area contributed by atoms with E-state index in [1.807, 2.05) is 25.7 Å². The topological polar surface area (TPSA) is 80.6 Å². The second kappa shape index (κ2) is 10.1. The van der Waals surface area contributed by atoms with Gasteiger partial charge in [-0.05, 0) is 57.0 Å². The summed E-state index contributed by atoms with van der Waals surface area (Å²) in [7, 11) is 1.65. The molecule has 0 spiro atoms. The number of ether oxygens (including phenoxy) is 1. The molecule has 0 bridgehead atoms. The summed E-state index contributed by atoms with van der Waals surface area (Å²) in [5.74, 6) is 0.803. The first-order valence-corrected chi connectivity index (χ1v) is 13.7. The van der Waals surface area contributed by atoms with Crippen LogP contribution < -0.4 is 10.6 Å². The lowest BCUT2D eigenvalue weighted by molar-refractivity contribution is -0.130. The number of rotatable bonds is 4. The lowest BCUT2D eigenvalue weighted by atomic mass is 9.99. The van der Waals surface area contributed by atoms with Gasteiger partial charge in [0.05, 0.1) is 30.1 Å². The van der Waals surface area contributed by atoms with Crippen LogP contribution in [-0.2, 0) is 16.1 Å². The molecule has 1 aromatic carbocycles. The lowest BCUT2D eigenvalue weighted by Crippen LogP contribution is -2.58. The molecule has 4 heterocycles. The Morgan fingerprint density at radius 2 is 1.89 bits per heavy atom. The molecular weight excluding hydrogens is 505 g/mol. The minimum atomic E-state index is -0.356. The van der Waals surface area contributed by atoms with Crippen molar-refractivity contribution in [3.05, 3.63) is 58.4 Å². The highest BCUT2D eigenvalue weighted by molar-refractivity contribution is 7.99. The van der Waals surface area contributed by atoms with Gasteiger partial charge < -0.3 is 14.5 Å². The maximum atomic E-state index is 14.1. The van der Waals surface area contributed by atoms with E-state index in [0.717, 1.165) is 26.9 Å². The molecule has 0 N–H and O–H groups in total. The number of amides is 1. The van der Waals surface area contributed by atoms with Gasteiger partial charge in [-0.15, -0.1) is 11.8 Å². The molecule has 10 heteroatoms. The van der Waals surface area contributed by atoms with Crippen LogP contribution in [0.3, 0.4) is 0 Å². The van der Waals surface area contributed by atoms with E-state index in [0.29, 0.717) is 42.5 Å². The van der Waals surface area contributed by atoms with Crippen LogP contribution in [0.25, 0.3) is 22.2 Å². The van der Waals surface area contributed by atoms with E-state index in [1.165, 1.54) is 12.3 Å². The Hall–Kier alpha value is -3.24. The van der Waals surface area contributed by atoms with Gasteiger partial charge in [-0.3, -0.25) is 14.3 Å². The van der Waals surface area contributed by atoms with Crippen LogP contribution in [0, 0.1) is 19.7 Å². The fraction of sp³-hybridized carbons (Fsp3) is 0.429. The summed E-state index contributed by atoms with van der Waals surface area (Å²) in [5.41, 5.74) is 3.47. The molecule has 0 saturated carbocycles. The minimum absolute atomic E-state index is 0.0855. The number of piperazine rings is 1. The Morgan fingerprint density at radius 3 is 2.53 bits per heavy atom.